The van der Waals surface area contributed by atoms with Gasteiger partial charge in [-0.2, -0.15) is 0 Å². The molecule has 1 aliphatic carbocycles. The highest BCUT2D eigenvalue weighted by atomic mass is 16.2. The quantitative estimate of drug-likeness (QED) is 0.835. The lowest BCUT2D eigenvalue weighted by Crippen LogP contribution is -2.49. The van der Waals surface area contributed by atoms with Crippen LogP contribution in [-0.4, -0.2) is 33.4 Å². The largest absolute Gasteiger partial charge is 0.351 e. The van der Waals surface area contributed by atoms with Crippen molar-refractivity contribution in [2.75, 3.05) is 0 Å². The summed E-state index contributed by atoms with van der Waals surface area (Å²) in [6, 6.07) is 0.160. The Balaban J connectivity index is 1.54. The highest BCUT2D eigenvalue weighted by Gasteiger charge is 2.40. The van der Waals surface area contributed by atoms with Crippen LogP contribution in [0.1, 0.15) is 49.0 Å². The van der Waals surface area contributed by atoms with Gasteiger partial charge in [0.2, 0.25) is 5.91 Å². The summed E-state index contributed by atoms with van der Waals surface area (Å²) >= 11 is 0. The van der Waals surface area contributed by atoms with Crippen LogP contribution in [0.25, 0.3) is 0 Å². The van der Waals surface area contributed by atoms with Gasteiger partial charge in [-0.05, 0) is 32.1 Å². The van der Waals surface area contributed by atoms with E-state index < -0.39 is 0 Å². The van der Waals surface area contributed by atoms with Crippen LogP contribution in [0.2, 0.25) is 0 Å². The summed E-state index contributed by atoms with van der Waals surface area (Å²) in [4.78, 5) is 31.2. The SMILES string of the molecule is O=C1CCC2(CCC(NC(=O)c3cnccn3)CC2)N1. The summed E-state index contributed by atoms with van der Waals surface area (Å²) < 4.78 is 0. The van der Waals surface area contributed by atoms with E-state index in [1.807, 2.05) is 0 Å². The molecular weight excluding hydrogens is 256 g/mol. The molecule has 1 saturated heterocycles. The van der Waals surface area contributed by atoms with Gasteiger partial charge >= 0.3 is 0 Å². The average molecular weight is 274 g/mol. The second-order valence-electron chi connectivity index (χ2n) is 5.67. The Bertz CT molecular complexity index is 509. The van der Waals surface area contributed by atoms with Gasteiger partial charge in [0.1, 0.15) is 5.69 Å². The maximum absolute atomic E-state index is 12.0. The summed E-state index contributed by atoms with van der Waals surface area (Å²) in [5.41, 5.74) is 0.340. The highest BCUT2D eigenvalue weighted by molar-refractivity contribution is 5.92. The molecule has 1 aromatic heterocycles. The van der Waals surface area contributed by atoms with Gasteiger partial charge in [0, 0.05) is 30.4 Å². The second kappa shape index (κ2) is 5.19. The molecule has 1 spiro atoms. The third kappa shape index (κ3) is 2.64. The predicted octanol–water partition coefficient (Wildman–Crippen LogP) is 0.798. The summed E-state index contributed by atoms with van der Waals surface area (Å²) in [7, 11) is 0. The molecule has 2 heterocycles. The minimum Gasteiger partial charge on any atom is -0.351 e. The van der Waals surface area contributed by atoms with E-state index in [0.29, 0.717) is 12.1 Å². The van der Waals surface area contributed by atoms with Crippen LogP contribution in [0.15, 0.2) is 18.6 Å². The third-order valence-corrected chi connectivity index (χ3v) is 4.31. The minimum absolute atomic E-state index is 0.00906. The molecule has 0 radical (unpaired) electrons. The maximum Gasteiger partial charge on any atom is 0.271 e. The Kier molecular flexibility index (Phi) is 3.38. The number of rotatable bonds is 2. The standard InChI is InChI=1S/C14H18N4O2/c19-12-3-6-14(18-12)4-1-10(2-5-14)17-13(20)11-9-15-7-8-16-11/h7-10H,1-6H2,(H,17,20)(H,18,19). The zero-order valence-corrected chi connectivity index (χ0v) is 11.3. The Morgan fingerprint density at radius 2 is 2.10 bits per heavy atom. The molecule has 0 atom stereocenters. The van der Waals surface area contributed by atoms with E-state index in [-0.39, 0.29) is 23.4 Å². The van der Waals surface area contributed by atoms with Crippen LogP contribution < -0.4 is 10.6 Å². The first-order valence-corrected chi connectivity index (χ1v) is 7.05. The van der Waals surface area contributed by atoms with Gasteiger partial charge in [-0.1, -0.05) is 0 Å². The first-order chi connectivity index (χ1) is 9.67. The molecule has 0 bridgehead atoms. The molecule has 1 aliphatic heterocycles. The third-order valence-electron chi connectivity index (χ3n) is 4.31. The van der Waals surface area contributed by atoms with E-state index in [1.54, 1.807) is 6.20 Å². The van der Waals surface area contributed by atoms with Crippen molar-refractivity contribution >= 4 is 11.8 Å². The smallest absolute Gasteiger partial charge is 0.271 e. The Morgan fingerprint density at radius 1 is 1.30 bits per heavy atom. The average Bonchev–Trinajstić information content (AvgIpc) is 2.84. The summed E-state index contributed by atoms with van der Waals surface area (Å²) in [6.45, 7) is 0. The van der Waals surface area contributed by atoms with Crippen LogP contribution in [-0.2, 0) is 4.79 Å². The molecule has 3 rings (SSSR count). The van der Waals surface area contributed by atoms with Crippen molar-refractivity contribution in [1.29, 1.82) is 0 Å². The fourth-order valence-electron chi connectivity index (χ4n) is 3.14. The van der Waals surface area contributed by atoms with Gasteiger partial charge in [-0.25, -0.2) is 4.98 Å². The van der Waals surface area contributed by atoms with Crippen LogP contribution >= 0.6 is 0 Å². The summed E-state index contributed by atoms with van der Waals surface area (Å²) in [6.07, 6.45) is 9.75. The topological polar surface area (TPSA) is 84.0 Å². The molecule has 2 amide bonds. The fraction of sp³-hybridized carbons (Fsp3) is 0.571. The van der Waals surface area contributed by atoms with Crippen molar-refractivity contribution in [1.82, 2.24) is 20.6 Å². The predicted molar refractivity (Wildman–Crippen MR) is 71.9 cm³/mol. The van der Waals surface area contributed by atoms with Crippen molar-refractivity contribution in [3.8, 4) is 0 Å². The maximum atomic E-state index is 12.0. The number of hydrogen-bond donors (Lipinski definition) is 2. The number of nitrogens with one attached hydrogen (secondary N) is 2. The van der Waals surface area contributed by atoms with E-state index in [4.69, 9.17) is 0 Å². The highest BCUT2D eigenvalue weighted by Crippen LogP contribution is 2.35. The number of nitrogens with zero attached hydrogens (tertiary/aromatic N) is 2. The first-order valence-electron chi connectivity index (χ1n) is 7.05. The van der Waals surface area contributed by atoms with Crippen LogP contribution in [0, 0.1) is 0 Å². The molecule has 1 saturated carbocycles. The van der Waals surface area contributed by atoms with Crippen molar-refractivity contribution < 1.29 is 9.59 Å². The van der Waals surface area contributed by atoms with Gasteiger partial charge in [0.15, 0.2) is 0 Å². The molecule has 2 N–H and O–H groups in total. The first kappa shape index (κ1) is 13.0. The van der Waals surface area contributed by atoms with Gasteiger partial charge < -0.3 is 10.6 Å². The Labute approximate surface area is 117 Å². The number of aromatic nitrogens is 2. The van der Waals surface area contributed by atoms with E-state index in [2.05, 4.69) is 20.6 Å². The molecular formula is C14H18N4O2. The molecule has 2 fully saturated rings. The van der Waals surface area contributed by atoms with Gasteiger partial charge in [-0.3, -0.25) is 14.6 Å². The second-order valence-corrected chi connectivity index (χ2v) is 5.67. The van der Waals surface area contributed by atoms with Gasteiger partial charge in [0.25, 0.3) is 5.91 Å². The van der Waals surface area contributed by atoms with Crippen LogP contribution in [0.4, 0.5) is 0 Å². The van der Waals surface area contributed by atoms with E-state index in [1.165, 1.54) is 12.4 Å². The zero-order chi connectivity index (χ0) is 14.0. The lowest BCUT2D eigenvalue weighted by atomic mass is 9.78. The van der Waals surface area contributed by atoms with E-state index >= 15 is 0 Å². The molecule has 6 heteroatoms. The molecule has 6 nitrogen and oxygen atoms in total. The number of amides is 2. The summed E-state index contributed by atoms with van der Waals surface area (Å²) in [5.74, 6) is -0.0125. The van der Waals surface area contributed by atoms with E-state index in [0.717, 1.165) is 32.1 Å². The zero-order valence-electron chi connectivity index (χ0n) is 11.3. The Hall–Kier alpha value is -1.98. The summed E-state index contributed by atoms with van der Waals surface area (Å²) in [5, 5.41) is 6.10. The monoisotopic (exact) mass is 274 g/mol. The van der Waals surface area contributed by atoms with E-state index in [9.17, 15) is 9.59 Å². The molecule has 20 heavy (non-hydrogen) atoms. The number of hydrogen-bond acceptors (Lipinski definition) is 4. The van der Waals surface area contributed by atoms with Crippen molar-refractivity contribution in [2.24, 2.45) is 0 Å². The molecule has 106 valence electrons. The van der Waals surface area contributed by atoms with Crippen molar-refractivity contribution in [2.45, 2.75) is 50.1 Å². The molecule has 0 unspecified atom stereocenters. The number of carbonyl (C=O) groups excluding carboxylic acids is 2. The Morgan fingerprint density at radius 3 is 2.70 bits per heavy atom. The van der Waals surface area contributed by atoms with Gasteiger partial charge in [-0.15, -0.1) is 0 Å². The minimum atomic E-state index is -0.172. The fourth-order valence-corrected chi connectivity index (χ4v) is 3.14. The van der Waals surface area contributed by atoms with Crippen molar-refractivity contribution in [3.05, 3.63) is 24.3 Å². The molecule has 0 aromatic carbocycles. The molecule has 2 aliphatic rings. The van der Waals surface area contributed by atoms with Crippen LogP contribution in [0.3, 0.4) is 0 Å². The lowest BCUT2D eigenvalue weighted by Gasteiger charge is -2.37. The lowest BCUT2D eigenvalue weighted by molar-refractivity contribution is -0.120. The number of carbonyl (C=O) groups is 2. The molecule has 1 aromatic rings. The van der Waals surface area contributed by atoms with Gasteiger partial charge in [0.05, 0.1) is 6.20 Å². The van der Waals surface area contributed by atoms with Crippen molar-refractivity contribution in [3.63, 3.8) is 0 Å². The normalized spacial score (nSPS) is 29.2. The van der Waals surface area contributed by atoms with Crippen LogP contribution in [0.5, 0.6) is 0 Å².